The lowest BCUT2D eigenvalue weighted by molar-refractivity contribution is 0.0999. The van der Waals surface area contributed by atoms with Crippen molar-refractivity contribution in [1.29, 1.82) is 0 Å². The summed E-state index contributed by atoms with van der Waals surface area (Å²) in [6.07, 6.45) is 6.88. The van der Waals surface area contributed by atoms with Crippen LogP contribution < -0.4 is 16.4 Å². The van der Waals surface area contributed by atoms with Gasteiger partial charge in [-0.15, -0.1) is 0 Å². The number of pyridine rings is 1. The Bertz CT molecular complexity index is 965. The molecule has 29 heavy (non-hydrogen) atoms. The number of amides is 1. The number of rotatable bonds is 8. The van der Waals surface area contributed by atoms with E-state index in [0.29, 0.717) is 23.6 Å². The quantitative estimate of drug-likeness (QED) is 0.542. The molecule has 0 bridgehead atoms. The lowest BCUT2D eigenvalue weighted by Gasteiger charge is -2.21. The van der Waals surface area contributed by atoms with Crippen molar-refractivity contribution in [3.8, 4) is 0 Å². The summed E-state index contributed by atoms with van der Waals surface area (Å²) >= 11 is 0. The van der Waals surface area contributed by atoms with Gasteiger partial charge in [-0.05, 0) is 49.6 Å². The smallest absolute Gasteiger partial charge is 0.249 e. The first-order chi connectivity index (χ1) is 13.9. The number of anilines is 2. The Balaban J connectivity index is 1.70. The van der Waals surface area contributed by atoms with Gasteiger partial charge in [-0.3, -0.25) is 9.78 Å². The van der Waals surface area contributed by atoms with Crippen LogP contribution in [-0.2, 0) is 6.42 Å². The van der Waals surface area contributed by atoms with Crippen LogP contribution in [0.5, 0.6) is 0 Å². The summed E-state index contributed by atoms with van der Waals surface area (Å²) in [5.41, 5.74) is 7.70. The van der Waals surface area contributed by atoms with Gasteiger partial charge in [0.25, 0.3) is 0 Å². The number of hydrogen-bond acceptors (Lipinski definition) is 6. The highest BCUT2D eigenvalue weighted by molar-refractivity contribution is 5.95. The van der Waals surface area contributed by atoms with E-state index in [1.54, 1.807) is 43.0 Å². The summed E-state index contributed by atoms with van der Waals surface area (Å²) in [4.78, 5) is 24.4. The number of primary amides is 1. The zero-order valence-electron chi connectivity index (χ0n) is 16.3. The molecule has 1 aromatic carbocycles. The molecule has 7 nitrogen and oxygen atoms in total. The highest BCUT2D eigenvalue weighted by atomic mass is 19.1. The first kappa shape index (κ1) is 20.3. The number of carbonyl (C=O) groups is 1. The predicted molar refractivity (Wildman–Crippen MR) is 109 cm³/mol. The molecule has 1 unspecified atom stereocenters. The van der Waals surface area contributed by atoms with Crippen LogP contribution in [0.4, 0.5) is 16.0 Å². The maximum atomic E-state index is 13.1. The number of hydrogen-bond donors (Lipinski definition) is 3. The number of halogens is 1. The molecule has 0 aliphatic rings. The lowest BCUT2D eigenvalue weighted by atomic mass is 10.0. The van der Waals surface area contributed by atoms with E-state index in [0.717, 1.165) is 11.1 Å². The molecule has 8 heteroatoms. The van der Waals surface area contributed by atoms with E-state index in [4.69, 9.17) is 5.73 Å². The Kier molecular flexibility index (Phi) is 6.46. The van der Waals surface area contributed by atoms with Gasteiger partial charge in [-0.2, -0.15) is 0 Å². The normalized spacial score (nSPS) is 12.9. The van der Waals surface area contributed by atoms with Crippen LogP contribution in [0.2, 0.25) is 0 Å². The molecule has 0 fully saturated rings. The van der Waals surface area contributed by atoms with Gasteiger partial charge in [-0.25, -0.2) is 14.4 Å². The van der Waals surface area contributed by atoms with E-state index < -0.39 is 5.91 Å². The fraction of sp³-hybridized carbons (Fsp3) is 0.238. The van der Waals surface area contributed by atoms with Crippen molar-refractivity contribution in [2.75, 3.05) is 5.32 Å². The van der Waals surface area contributed by atoms with Gasteiger partial charge in [-0.1, -0.05) is 12.1 Å². The molecular formula is C21H23FN6O. The minimum Gasteiger partial charge on any atom is -0.366 e. The highest BCUT2D eigenvalue weighted by Gasteiger charge is 2.16. The van der Waals surface area contributed by atoms with Gasteiger partial charge in [0.15, 0.2) is 0 Å². The standard InChI is InChI=1S/C21H23FN6O/c1-13(27-14(2)15-3-5-17(22)6-4-15)9-16-11-26-19(10-18(16)21(23)29)28-20-12-24-7-8-25-20/h3-8,10-14,27H,9H2,1-2H3,(H2,23,29)(H,25,26,28)/t13-,14?/m0/s1. The van der Waals surface area contributed by atoms with Crippen LogP contribution in [0, 0.1) is 5.82 Å². The van der Waals surface area contributed by atoms with Crippen LogP contribution in [0.25, 0.3) is 0 Å². The first-order valence-corrected chi connectivity index (χ1v) is 9.25. The van der Waals surface area contributed by atoms with E-state index >= 15 is 0 Å². The number of nitrogens with two attached hydrogens (primary N) is 1. The summed E-state index contributed by atoms with van der Waals surface area (Å²) in [7, 11) is 0. The van der Waals surface area contributed by atoms with Gasteiger partial charge < -0.3 is 16.4 Å². The molecule has 0 spiro atoms. The van der Waals surface area contributed by atoms with Gasteiger partial charge >= 0.3 is 0 Å². The average molecular weight is 394 g/mol. The number of aromatic nitrogens is 3. The second kappa shape index (κ2) is 9.20. The topological polar surface area (TPSA) is 106 Å². The molecule has 150 valence electrons. The van der Waals surface area contributed by atoms with Crippen molar-refractivity contribution in [1.82, 2.24) is 20.3 Å². The molecule has 3 rings (SSSR count). The second-order valence-electron chi connectivity index (χ2n) is 6.85. The van der Waals surface area contributed by atoms with Gasteiger partial charge in [0.05, 0.1) is 6.20 Å². The number of nitrogens with one attached hydrogen (secondary N) is 2. The van der Waals surface area contributed by atoms with Crippen LogP contribution in [-0.4, -0.2) is 26.9 Å². The zero-order valence-corrected chi connectivity index (χ0v) is 16.3. The summed E-state index contributed by atoms with van der Waals surface area (Å²) in [5, 5.41) is 6.45. The van der Waals surface area contributed by atoms with E-state index in [9.17, 15) is 9.18 Å². The monoisotopic (exact) mass is 394 g/mol. The van der Waals surface area contributed by atoms with Gasteiger partial charge in [0.2, 0.25) is 5.91 Å². The minimum absolute atomic E-state index is 0.0215. The number of benzene rings is 1. The Morgan fingerprint density at radius 3 is 2.52 bits per heavy atom. The van der Waals surface area contributed by atoms with Crippen molar-refractivity contribution in [2.45, 2.75) is 32.4 Å². The maximum Gasteiger partial charge on any atom is 0.249 e. The summed E-state index contributed by atoms with van der Waals surface area (Å²) < 4.78 is 13.1. The fourth-order valence-electron chi connectivity index (χ4n) is 3.10. The predicted octanol–water partition coefficient (Wildman–Crippen LogP) is 3.14. The molecule has 0 saturated heterocycles. The molecule has 0 aliphatic carbocycles. The first-order valence-electron chi connectivity index (χ1n) is 9.25. The second-order valence-corrected chi connectivity index (χ2v) is 6.85. The SMILES string of the molecule is CC(N[C@@H](C)Cc1cnc(Nc2cnccn2)cc1C(N)=O)c1ccc(F)cc1. The molecule has 0 radical (unpaired) electrons. The minimum atomic E-state index is -0.525. The summed E-state index contributed by atoms with van der Waals surface area (Å²) in [5.74, 6) is 0.194. The third-order valence-corrected chi connectivity index (χ3v) is 4.50. The molecule has 2 atom stereocenters. The highest BCUT2D eigenvalue weighted by Crippen LogP contribution is 2.19. The Morgan fingerprint density at radius 1 is 1.10 bits per heavy atom. The molecule has 2 aromatic heterocycles. The lowest BCUT2D eigenvalue weighted by Crippen LogP contribution is -2.31. The molecule has 0 saturated carbocycles. The van der Waals surface area contributed by atoms with Crippen LogP contribution in [0.15, 0.2) is 55.1 Å². The van der Waals surface area contributed by atoms with Crippen molar-refractivity contribution in [3.63, 3.8) is 0 Å². The molecule has 2 heterocycles. The molecule has 1 amide bonds. The van der Waals surface area contributed by atoms with Crippen molar-refractivity contribution in [2.24, 2.45) is 5.73 Å². The molecule has 4 N–H and O–H groups in total. The van der Waals surface area contributed by atoms with Gasteiger partial charge in [0.1, 0.15) is 17.5 Å². The number of carbonyl (C=O) groups excluding carboxylic acids is 1. The Morgan fingerprint density at radius 2 is 1.86 bits per heavy atom. The van der Waals surface area contributed by atoms with Crippen LogP contribution in [0.3, 0.4) is 0 Å². The van der Waals surface area contributed by atoms with Crippen molar-refractivity contribution < 1.29 is 9.18 Å². The fourth-order valence-corrected chi connectivity index (χ4v) is 3.10. The van der Waals surface area contributed by atoms with Crippen molar-refractivity contribution in [3.05, 3.63) is 77.6 Å². The van der Waals surface area contributed by atoms with Crippen LogP contribution >= 0.6 is 0 Å². The molecule has 0 aliphatic heterocycles. The van der Waals surface area contributed by atoms with Crippen molar-refractivity contribution >= 4 is 17.5 Å². The van der Waals surface area contributed by atoms with E-state index in [1.807, 2.05) is 13.8 Å². The number of nitrogens with zero attached hydrogens (tertiary/aromatic N) is 3. The van der Waals surface area contributed by atoms with Gasteiger partial charge in [0, 0.05) is 36.2 Å². The molecule has 3 aromatic rings. The zero-order chi connectivity index (χ0) is 20.8. The van der Waals surface area contributed by atoms with Crippen LogP contribution in [0.1, 0.15) is 41.4 Å². The summed E-state index contributed by atoms with van der Waals surface area (Å²) in [6.45, 7) is 4.02. The van der Waals surface area contributed by atoms with E-state index in [-0.39, 0.29) is 17.9 Å². The van der Waals surface area contributed by atoms with E-state index in [1.165, 1.54) is 12.1 Å². The largest absolute Gasteiger partial charge is 0.366 e. The average Bonchev–Trinajstić information content (AvgIpc) is 2.70. The molecular weight excluding hydrogens is 371 g/mol. The Labute approximate surface area is 168 Å². The third-order valence-electron chi connectivity index (χ3n) is 4.50. The summed E-state index contributed by atoms with van der Waals surface area (Å²) in [6, 6.07) is 8.06. The third kappa shape index (κ3) is 5.55. The maximum absolute atomic E-state index is 13.1. The Hall–Kier alpha value is -3.39. The van der Waals surface area contributed by atoms with E-state index in [2.05, 4.69) is 25.6 Å².